The van der Waals surface area contributed by atoms with Gasteiger partial charge in [0.05, 0.1) is 0 Å². The maximum Gasteiger partial charge on any atom is 0.263 e. The highest BCUT2D eigenvalue weighted by molar-refractivity contribution is 5.95. The third-order valence-electron chi connectivity index (χ3n) is 5.64. The molecule has 2 heterocycles. The zero-order valence-corrected chi connectivity index (χ0v) is 18.4. The van der Waals surface area contributed by atoms with Crippen molar-refractivity contribution in [2.45, 2.75) is 46.2 Å². The molecule has 1 aromatic carbocycles. The van der Waals surface area contributed by atoms with Crippen molar-refractivity contribution < 1.29 is 4.79 Å². The number of aromatic nitrogens is 1. The van der Waals surface area contributed by atoms with Crippen LogP contribution in [0.4, 0.5) is 0 Å². The van der Waals surface area contributed by atoms with Crippen LogP contribution in [0.1, 0.15) is 46.8 Å². The van der Waals surface area contributed by atoms with Crippen LogP contribution in [0.15, 0.2) is 41.3 Å². The van der Waals surface area contributed by atoms with Gasteiger partial charge in [-0.3, -0.25) is 9.59 Å². The third-order valence-corrected chi connectivity index (χ3v) is 5.64. The maximum absolute atomic E-state index is 13.1. The van der Waals surface area contributed by atoms with Crippen LogP contribution in [-0.2, 0) is 19.5 Å². The molecule has 0 spiro atoms. The van der Waals surface area contributed by atoms with Gasteiger partial charge >= 0.3 is 0 Å². The van der Waals surface area contributed by atoms with E-state index in [0.29, 0.717) is 24.6 Å². The van der Waals surface area contributed by atoms with E-state index in [1.165, 1.54) is 5.56 Å². The summed E-state index contributed by atoms with van der Waals surface area (Å²) in [5, 5.41) is 3.39. The Balaban J connectivity index is 0.00000300. The number of nitrogens with one attached hydrogen (secondary N) is 1. The van der Waals surface area contributed by atoms with Crippen molar-refractivity contribution >= 4 is 18.3 Å². The molecule has 1 amide bonds. The summed E-state index contributed by atoms with van der Waals surface area (Å²) in [6.45, 7) is 7.09. The van der Waals surface area contributed by atoms with Crippen LogP contribution in [0, 0.1) is 12.8 Å². The summed E-state index contributed by atoms with van der Waals surface area (Å²) in [6, 6.07) is 10.2. The second-order valence-corrected chi connectivity index (χ2v) is 7.87. The highest BCUT2D eigenvalue weighted by atomic mass is 35.5. The minimum Gasteiger partial charge on any atom is -0.337 e. The average Bonchev–Trinajstić information content (AvgIpc) is 2.71. The molecule has 1 aliphatic rings. The van der Waals surface area contributed by atoms with Crippen LogP contribution in [0.3, 0.4) is 0 Å². The van der Waals surface area contributed by atoms with Crippen LogP contribution in [0.25, 0.3) is 0 Å². The molecule has 0 bridgehead atoms. The number of halogens is 1. The van der Waals surface area contributed by atoms with Gasteiger partial charge < -0.3 is 14.8 Å². The minimum absolute atomic E-state index is 0. The van der Waals surface area contributed by atoms with Crippen LogP contribution in [0.2, 0.25) is 0 Å². The minimum atomic E-state index is -0.210. The molecule has 1 unspecified atom stereocenters. The Labute approximate surface area is 179 Å². The topological polar surface area (TPSA) is 54.3 Å². The van der Waals surface area contributed by atoms with Gasteiger partial charge in [0, 0.05) is 26.3 Å². The number of rotatable bonds is 6. The molecule has 6 heteroatoms. The number of benzene rings is 1. The highest BCUT2D eigenvalue weighted by Crippen LogP contribution is 2.14. The van der Waals surface area contributed by atoms with Gasteiger partial charge in [-0.15, -0.1) is 12.4 Å². The van der Waals surface area contributed by atoms with Crippen molar-refractivity contribution in [1.82, 2.24) is 14.8 Å². The Kier molecular flexibility index (Phi) is 8.47. The predicted molar refractivity (Wildman–Crippen MR) is 120 cm³/mol. The molecular formula is C23H32ClN3O2. The molecule has 0 radical (unpaired) electrons. The lowest BCUT2D eigenvalue weighted by Gasteiger charge is -2.24. The predicted octanol–water partition coefficient (Wildman–Crippen LogP) is 3.41. The van der Waals surface area contributed by atoms with E-state index in [4.69, 9.17) is 0 Å². The second kappa shape index (κ2) is 10.6. The van der Waals surface area contributed by atoms with Gasteiger partial charge in [0.15, 0.2) is 0 Å². The molecule has 3 rings (SSSR count). The number of hydrogen-bond acceptors (Lipinski definition) is 3. The number of amides is 1. The quantitative estimate of drug-likeness (QED) is 0.783. The Hall–Kier alpha value is -2.11. The van der Waals surface area contributed by atoms with Crippen LogP contribution < -0.4 is 10.9 Å². The summed E-state index contributed by atoms with van der Waals surface area (Å²) in [5.74, 6) is 0.227. The average molecular weight is 418 g/mol. The molecule has 1 N–H and O–H groups in total. The van der Waals surface area contributed by atoms with E-state index in [1.807, 2.05) is 19.2 Å². The molecule has 29 heavy (non-hydrogen) atoms. The number of piperidine rings is 1. The van der Waals surface area contributed by atoms with Gasteiger partial charge in [-0.25, -0.2) is 0 Å². The van der Waals surface area contributed by atoms with Gasteiger partial charge in [0.25, 0.3) is 11.5 Å². The van der Waals surface area contributed by atoms with Gasteiger partial charge in [0.2, 0.25) is 0 Å². The Morgan fingerprint density at radius 3 is 2.52 bits per heavy atom. The van der Waals surface area contributed by atoms with Crippen LogP contribution >= 0.6 is 12.4 Å². The standard InChI is InChI=1S/C23H31N3O2.ClH/c1-4-18-7-9-19(10-8-18)15-25(3)22(27)21-17(2)11-13-26(23(21)28)16-20-6-5-12-24-14-20;/h7-11,13,20,24H,4-6,12,14-16H2,1-3H3;1H. The third kappa shape index (κ3) is 5.71. The first-order valence-electron chi connectivity index (χ1n) is 10.2. The van der Waals surface area contributed by atoms with Crippen molar-refractivity contribution in [2.24, 2.45) is 5.92 Å². The van der Waals surface area contributed by atoms with E-state index in [-0.39, 0.29) is 23.9 Å². The molecule has 1 aliphatic heterocycles. The molecule has 1 saturated heterocycles. The van der Waals surface area contributed by atoms with Gasteiger partial charge in [-0.2, -0.15) is 0 Å². The van der Waals surface area contributed by atoms with Gasteiger partial charge in [0.1, 0.15) is 5.56 Å². The Morgan fingerprint density at radius 1 is 1.21 bits per heavy atom. The van der Waals surface area contributed by atoms with E-state index in [2.05, 4.69) is 36.5 Å². The molecule has 1 aromatic heterocycles. The highest BCUT2D eigenvalue weighted by Gasteiger charge is 2.21. The number of carbonyl (C=O) groups excluding carboxylic acids is 1. The van der Waals surface area contributed by atoms with E-state index < -0.39 is 0 Å². The lowest BCUT2D eigenvalue weighted by Crippen LogP contribution is -2.38. The molecule has 1 fully saturated rings. The Morgan fingerprint density at radius 2 is 1.90 bits per heavy atom. The second-order valence-electron chi connectivity index (χ2n) is 7.87. The zero-order valence-electron chi connectivity index (χ0n) is 17.6. The van der Waals surface area contributed by atoms with E-state index in [9.17, 15) is 9.59 Å². The first kappa shape index (κ1) is 23.2. The number of pyridine rings is 1. The van der Waals surface area contributed by atoms with Crippen molar-refractivity contribution in [2.75, 3.05) is 20.1 Å². The molecule has 5 nitrogen and oxygen atoms in total. The molecule has 1 atom stereocenters. The fraction of sp³-hybridized carbons (Fsp3) is 0.478. The van der Waals surface area contributed by atoms with Crippen LogP contribution in [0.5, 0.6) is 0 Å². The molecule has 0 aliphatic carbocycles. The van der Waals surface area contributed by atoms with Crippen LogP contribution in [-0.4, -0.2) is 35.5 Å². The summed E-state index contributed by atoms with van der Waals surface area (Å²) in [7, 11) is 1.76. The maximum atomic E-state index is 13.1. The normalized spacial score (nSPS) is 16.2. The number of aryl methyl sites for hydroxylation is 2. The van der Waals surface area contributed by atoms with Gasteiger partial charge in [-0.1, -0.05) is 31.2 Å². The van der Waals surface area contributed by atoms with E-state index in [1.54, 1.807) is 16.5 Å². The van der Waals surface area contributed by atoms with Crippen molar-refractivity contribution in [3.05, 3.63) is 69.1 Å². The zero-order chi connectivity index (χ0) is 20.1. The molecule has 158 valence electrons. The summed E-state index contributed by atoms with van der Waals surface area (Å²) in [6.07, 6.45) is 5.07. The monoisotopic (exact) mass is 417 g/mol. The largest absolute Gasteiger partial charge is 0.337 e. The summed E-state index contributed by atoms with van der Waals surface area (Å²) >= 11 is 0. The summed E-state index contributed by atoms with van der Waals surface area (Å²) in [4.78, 5) is 27.7. The summed E-state index contributed by atoms with van der Waals surface area (Å²) in [5.41, 5.74) is 3.19. The molecular weight excluding hydrogens is 386 g/mol. The first-order valence-corrected chi connectivity index (χ1v) is 10.2. The van der Waals surface area contributed by atoms with Crippen molar-refractivity contribution in [3.8, 4) is 0 Å². The fourth-order valence-corrected chi connectivity index (χ4v) is 3.84. The fourth-order valence-electron chi connectivity index (χ4n) is 3.84. The number of carbonyl (C=O) groups is 1. The summed E-state index contributed by atoms with van der Waals surface area (Å²) < 4.78 is 1.71. The molecule has 2 aromatic rings. The van der Waals surface area contributed by atoms with Gasteiger partial charge in [-0.05, 0) is 68.0 Å². The van der Waals surface area contributed by atoms with Crippen molar-refractivity contribution in [3.63, 3.8) is 0 Å². The van der Waals surface area contributed by atoms with E-state index in [0.717, 1.165) is 43.5 Å². The SMILES string of the molecule is CCc1ccc(CN(C)C(=O)c2c(C)ccn(CC3CCCNC3)c2=O)cc1.Cl. The number of nitrogens with zero attached hydrogens (tertiary/aromatic N) is 2. The molecule has 0 saturated carbocycles. The lowest BCUT2D eigenvalue weighted by atomic mass is 9.99. The lowest BCUT2D eigenvalue weighted by molar-refractivity contribution is 0.0781. The Bertz CT molecular complexity index is 871. The van der Waals surface area contributed by atoms with E-state index >= 15 is 0 Å². The first-order chi connectivity index (χ1) is 13.5. The van der Waals surface area contributed by atoms with Crippen molar-refractivity contribution in [1.29, 1.82) is 0 Å². The smallest absolute Gasteiger partial charge is 0.263 e. The number of hydrogen-bond donors (Lipinski definition) is 1.